The molecule has 0 spiro atoms. The van der Waals surface area contributed by atoms with Gasteiger partial charge < -0.3 is 9.64 Å². The van der Waals surface area contributed by atoms with Gasteiger partial charge in [0.05, 0.1) is 18.4 Å². The molecule has 27 heavy (non-hydrogen) atoms. The van der Waals surface area contributed by atoms with E-state index in [1.54, 1.807) is 30.2 Å². The lowest BCUT2D eigenvalue weighted by Gasteiger charge is -2.20. The number of carbonyl (C=O) groups is 1. The minimum atomic E-state index is 0.000358. The molecule has 1 heterocycles. The van der Waals surface area contributed by atoms with Gasteiger partial charge in [-0.1, -0.05) is 41.6 Å². The first-order valence-electron chi connectivity index (χ1n) is 8.37. The third-order valence-electron chi connectivity index (χ3n) is 3.89. The SMILES string of the molecule is CCN(C(=O)CSc1n[nH]c(-c2cc(Cl)ccc2OC)n1)c1ccccc1. The number of amides is 1. The van der Waals surface area contributed by atoms with E-state index in [9.17, 15) is 4.79 Å². The van der Waals surface area contributed by atoms with Crippen molar-refractivity contribution in [2.24, 2.45) is 0 Å². The highest BCUT2D eigenvalue weighted by Gasteiger charge is 2.16. The summed E-state index contributed by atoms with van der Waals surface area (Å²) >= 11 is 7.35. The standard InChI is InChI=1S/C19H19ClN4O2S/c1-3-24(14-7-5-4-6-8-14)17(25)12-27-19-21-18(22-23-19)15-11-13(20)9-10-16(15)26-2/h4-11H,3,12H2,1-2H3,(H,21,22,23). The summed E-state index contributed by atoms with van der Waals surface area (Å²) in [6.45, 7) is 2.55. The van der Waals surface area contributed by atoms with E-state index < -0.39 is 0 Å². The Balaban J connectivity index is 1.69. The van der Waals surface area contributed by atoms with Gasteiger partial charge >= 0.3 is 0 Å². The van der Waals surface area contributed by atoms with Crippen LogP contribution in [0.1, 0.15) is 6.92 Å². The van der Waals surface area contributed by atoms with E-state index in [-0.39, 0.29) is 11.7 Å². The van der Waals surface area contributed by atoms with Crippen LogP contribution in [0, 0.1) is 0 Å². The summed E-state index contributed by atoms with van der Waals surface area (Å²) in [5.41, 5.74) is 1.60. The molecule has 140 valence electrons. The Hall–Kier alpha value is -2.51. The molecule has 8 heteroatoms. The van der Waals surface area contributed by atoms with E-state index in [1.165, 1.54) is 11.8 Å². The molecule has 1 amide bonds. The predicted octanol–water partition coefficient (Wildman–Crippen LogP) is 4.28. The molecular weight excluding hydrogens is 384 g/mol. The number of para-hydroxylation sites is 1. The lowest BCUT2D eigenvalue weighted by molar-refractivity contribution is -0.116. The van der Waals surface area contributed by atoms with Crippen LogP contribution in [0.3, 0.4) is 0 Å². The molecule has 0 fully saturated rings. The zero-order chi connectivity index (χ0) is 19.2. The molecule has 0 saturated carbocycles. The number of nitrogens with one attached hydrogen (secondary N) is 1. The first kappa shape index (κ1) is 19.3. The molecule has 0 unspecified atom stereocenters. The first-order valence-corrected chi connectivity index (χ1v) is 9.73. The Labute approximate surface area is 166 Å². The van der Waals surface area contributed by atoms with Gasteiger partial charge in [0.15, 0.2) is 5.82 Å². The number of nitrogens with zero attached hydrogens (tertiary/aromatic N) is 3. The second kappa shape index (κ2) is 8.92. The molecule has 0 aliphatic rings. The van der Waals surface area contributed by atoms with E-state index in [2.05, 4.69) is 15.2 Å². The van der Waals surface area contributed by atoms with Gasteiger partial charge in [-0.3, -0.25) is 9.89 Å². The van der Waals surface area contributed by atoms with Crippen LogP contribution in [-0.2, 0) is 4.79 Å². The number of halogens is 1. The lowest BCUT2D eigenvalue weighted by Crippen LogP contribution is -2.32. The minimum Gasteiger partial charge on any atom is -0.496 e. The van der Waals surface area contributed by atoms with Crippen molar-refractivity contribution in [3.05, 3.63) is 53.6 Å². The third-order valence-corrected chi connectivity index (χ3v) is 4.96. The van der Waals surface area contributed by atoms with Gasteiger partial charge in [0.2, 0.25) is 11.1 Å². The summed E-state index contributed by atoms with van der Waals surface area (Å²) < 4.78 is 5.34. The molecule has 1 N–H and O–H groups in total. The van der Waals surface area contributed by atoms with Crippen LogP contribution in [0.2, 0.25) is 5.02 Å². The Morgan fingerprint density at radius 1 is 1.26 bits per heavy atom. The van der Waals surface area contributed by atoms with Gasteiger partial charge in [-0.2, -0.15) is 0 Å². The quantitative estimate of drug-likeness (QED) is 0.597. The highest BCUT2D eigenvalue weighted by molar-refractivity contribution is 7.99. The van der Waals surface area contributed by atoms with E-state index in [0.29, 0.717) is 28.3 Å². The van der Waals surface area contributed by atoms with Crippen molar-refractivity contribution in [2.75, 3.05) is 24.3 Å². The number of hydrogen-bond acceptors (Lipinski definition) is 5. The highest BCUT2D eigenvalue weighted by atomic mass is 35.5. The van der Waals surface area contributed by atoms with Crippen molar-refractivity contribution in [3.63, 3.8) is 0 Å². The maximum atomic E-state index is 12.6. The molecule has 1 aromatic heterocycles. The normalized spacial score (nSPS) is 10.6. The van der Waals surface area contributed by atoms with Gasteiger partial charge in [-0.05, 0) is 37.3 Å². The average molecular weight is 403 g/mol. The van der Waals surface area contributed by atoms with Crippen molar-refractivity contribution in [2.45, 2.75) is 12.1 Å². The summed E-state index contributed by atoms with van der Waals surface area (Å²) in [5.74, 6) is 1.43. The van der Waals surface area contributed by atoms with Crippen LogP contribution in [0.5, 0.6) is 5.75 Å². The van der Waals surface area contributed by atoms with Crippen LogP contribution >= 0.6 is 23.4 Å². The average Bonchev–Trinajstić information content (AvgIpc) is 3.17. The molecule has 0 atom stereocenters. The van der Waals surface area contributed by atoms with Crippen molar-refractivity contribution in [3.8, 4) is 17.1 Å². The lowest BCUT2D eigenvalue weighted by atomic mass is 10.2. The van der Waals surface area contributed by atoms with Crippen molar-refractivity contribution in [1.29, 1.82) is 0 Å². The Morgan fingerprint density at radius 3 is 2.74 bits per heavy atom. The largest absolute Gasteiger partial charge is 0.496 e. The third kappa shape index (κ3) is 4.61. The molecule has 3 rings (SSSR count). The maximum Gasteiger partial charge on any atom is 0.237 e. The van der Waals surface area contributed by atoms with Gasteiger partial charge in [0, 0.05) is 17.3 Å². The monoisotopic (exact) mass is 402 g/mol. The van der Waals surface area contributed by atoms with Gasteiger partial charge in [-0.15, -0.1) is 5.10 Å². The van der Waals surface area contributed by atoms with Crippen LogP contribution in [0.25, 0.3) is 11.4 Å². The molecule has 0 radical (unpaired) electrons. The van der Waals surface area contributed by atoms with Crippen molar-refractivity contribution < 1.29 is 9.53 Å². The number of thioether (sulfide) groups is 1. The molecule has 0 bridgehead atoms. The predicted molar refractivity (Wildman–Crippen MR) is 109 cm³/mol. The number of rotatable bonds is 7. The van der Waals surface area contributed by atoms with Gasteiger partial charge in [0.25, 0.3) is 0 Å². The summed E-state index contributed by atoms with van der Waals surface area (Å²) in [6.07, 6.45) is 0. The molecule has 6 nitrogen and oxygen atoms in total. The number of hydrogen-bond donors (Lipinski definition) is 1. The van der Waals surface area contributed by atoms with Crippen LogP contribution < -0.4 is 9.64 Å². The number of methoxy groups -OCH3 is 1. The van der Waals surface area contributed by atoms with Crippen LogP contribution in [-0.4, -0.2) is 40.5 Å². The molecule has 0 aliphatic carbocycles. The number of anilines is 1. The molecule has 0 aliphatic heterocycles. The van der Waals surface area contributed by atoms with Crippen LogP contribution in [0.4, 0.5) is 5.69 Å². The van der Waals surface area contributed by atoms with Crippen molar-refractivity contribution >= 4 is 35.0 Å². The zero-order valence-electron chi connectivity index (χ0n) is 15.0. The highest BCUT2D eigenvalue weighted by Crippen LogP contribution is 2.31. The zero-order valence-corrected chi connectivity index (χ0v) is 16.5. The number of aromatic amines is 1. The summed E-state index contributed by atoms with van der Waals surface area (Å²) in [7, 11) is 1.58. The van der Waals surface area contributed by atoms with E-state index in [0.717, 1.165) is 11.3 Å². The van der Waals surface area contributed by atoms with Crippen LogP contribution in [0.15, 0.2) is 53.7 Å². The summed E-state index contributed by atoms with van der Waals surface area (Å²) in [5, 5.41) is 8.13. The number of benzene rings is 2. The van der Waals surface area contributed by atoms with Gasteiger partial charge in [-0.25, -0.2) is 4.98 Å². The Morgan fingerprint density at radius 2 is 2.04 bits per heavy atom. The van der Waals surface area contributed by atoms with Crippen molar-refractivity contribution in [1.82, 2.24) is 15.2 Å². The minimum absolute atomic E-state index is 0.000358. The molecule has 2 aromatic carbocycles. The number of aromatic nitrogens is 3. The van der Waals surface area contributed by atoms with E-state index >= 15 is 0 Å². The number of carbonyl (C=O) groups excluding carboxylic acids is 1. The fourth-order valence-corrected chi connectivity index (χ4v) is 3.46. The molecular formula is C19H19ClN4O2S. The second-order valence-corrected chi connectivity index (χ2v) is 6.95. The second-order valence-electron chi connectivity index (χ2n) is 5.57. The van der Waals surface area contributed by atoms with Gasteiger partial charge in [0.1, 0.15) is 5.75 Å². The first-order chi connectivity index (χ1) is 13.1. The molecule has 3 aromatic rings. The summed E-state index contributed by atoms with van der Waals surface area (Å²) in [4.78, 5) is 18.8. The topological polar surface area (TPSA) is 71.1 Å². The Kier molecular flexibility index (Phi) is 6.36. The maximum absolute atomic E-state index is 12.6. The molecule has 0 saturated heterocycles. The fraction of sp³-hybridized carbons (Fsp3) is 0.211. The smallest absolute Gasteiger partial charge is 0.237 e. The fourth-order valence-electron chi connectivity index (χ4n) is 2.61. The summed E-state index contributed by atoms with van der Waals surface area (Å²) in [6, 6.07) is 14.9. The number of H-pyrrole nitrogens is 1. The van der Waals surface area contributed by atoms with E-state index in [4.69, 9.17) is 16.3 Å². The van der Waals surface area contributed by atoms with E-state index in [1.807, 2.05) is 37.3 Å². The number of ether oxygens (including phenoxy) is 1. The Bertz CT molecular complexity index is 917.